The predicted octanol–water partition coefficient (Wildman–Crippen LogP) is 6.86. The van der Waals surface area contributed by atoms with Gasteiger partial charge in [0.25, 0.3) is 11.1 Å². The van der Waals surface area contributed by atoms with Gasteiger partial charge in [-0.05, 0) is 59.3 Å². The molecule has 0 atom stereocenters. The molecule has 11 heteroatoms. The first-order valence-corrected chi connectivity index (χ1v) is 12.3. The summed E-state index contributed by atoms with van der Waals surface area (Å²) in [5.74, 6) is 0.139. The van der Waals surface area contributed by atoms with Gasteiger partial charge in [-0.2, -0.15) is 0 Å². The van der Waals surface area contributed by atoms with Crippen LogP contribution in [0.2, 0.25) is 10.0 Å². The molecule has 0 amide bonds. The van der Waals surface area contributed by atoms with Crippen LogP contribution in [0.15, 0.2) is 75.2 Å². The molecule has 0 aliphatic carbocycles. The fraction of sp³-hybridized carbons (Fsp3) is 0.115. The van der Waals surface area contributed by atoms with Crippen LogP contribution in [-0.4, -0.2) is 35.5 Å². The summed E-state index contributed by atoms with van der Waals surface area (Å²) in [4.78, 5) is 11.9. The Kier molecular flexibility index (Phi) is 8.60. The van der Waals surface area contributed by atoms with Gasteiger partial charge < -0.3 is 23.7 Å². The summed E-state index contributed by atoms with van der Waals surface area (Å²) in [7, 11) is 2.98. The van der Waals surface area contributed by atoms with Gasteiger partial charge >= 0.3 is 5.97 Å². The maximum Gasteiger partial charge on any atom is 0.342 e. The summed E-state index contributed by atoms with van der Waals surface area (Å²) in [5.41, 5.74) is 1.93. The van der Waals surface area contributed by atoms with Crippen LogP contribution < -0.4 is 14.2 Å². The molecule has 37 heavy (non-hydrogen) atoms. The Labute approximate surface area is 226 Å². The molecule has 8 nitrogen and oxygen atoms in total. The summed E-state index contributed by atoms with van der Waals surface area (Å²) >= 11 is 13.3. The minimum absolute atomic E-state index is 0.0200. The zero-order valence-electron chi connectivity index (χ0n) is 19.6. The quantitative estimate of drug-likeness (QED) is 0.165. The standard InChI is InChI=1S/C26H20Cl2N2O6S/c1-33-20-9-8-17(27)13-18(20)24-29-30-26(36-24)37-22(25(31)32)12-16-10-19(28)23(21(11-16)34-2)35-14-15-6-4-3-5-7-15/h3-13H,14H2,1-2H3,(H,31,32)/b22-12-. The van der Waals surface area contributed by atoms with Crippen molar-refractivity contribution in [2.45, 2.75) is 11.8 Å². The van der Waals surface area contributed by atoms with Crippen molar-refractivity contribution in [2.75, 3.05) is 14.2 Å². The number of rotatable bonds is 10. The normalized spacial score (nSPS) is 11.3. The van der Waals surface area contributed by atoms with Crippen molar-refractivity contribution >= 4 is 47.0 Å². The van der Waals surface area contributed by atoms with Crippen LogP contribution in [0.4, 0.5) is 0 Å². The SMILES string of the molecule is COc1ccc(Cl)cc1-c1nnc(S/C(=C\c2cc(Cl)c(OCc3ccccc3)c(OC)c2)C(=O)O)o1. The lowest BCUT2D eigenvalue weighted by molar-refractivity contribution is -0.131. The highest BCUT2D eigenvalue weighted by Gasteiger charge is 2.19. The second-order valence-electron chi connectivity index (χ2n) is 7.44. The van der Waals surface area contributed by atoms with E-state index in [-0.39, 0.29) is 21.0 Å². The molecule has 0 aliphatic rings. The first kappa shape index (κ1) is 26.4. The van der Waals surface area contributed by atoms with Crippen molar-refractivity contribution in [3.63, 3.8) is 0 Å². The van der Waals surface area contributed by atoms with E-state index in [1.807, 2.05) is 30.3 Å². The largest absolute Gasteiger partial charge is 0.496 e. The van der Waals surface area contributed by atoms with E-state index < -0.39 is 5.97 Å². The number of ether oxygens (including phenoxy) is 3. The Morgan fingerprint density at radius 3 is 2.49 bits per heavy atom. The third-order valence-corrected chi connectivity index (χ3v) is 6.35. The molecule has 0 saturated heterocycles. The number of carboxylic acids is 1. The maximum absolute atomic E-state index is 12.0. The van der Waals surface area contributed by atoms with E-state index in [0.29, 0.717) is 40.0 Å². The van der Waals surface area contributed by atoms with Crippen LogP contribution in [0, 0.1) is 0 Å². The number of aliphatic carboxylic acids is 1. The summed E-state index contributed by atoms with van der Waals surface area (Å²) in [6.45, 7) is 0.291. The molecule has 0 saturated carbocycles. The molecule has 0 unspecified atom stereocenters. The highest BCUT2D eigenvalue weighted by atomic mass is 35.5. The molecule has 0 aliphatic heterocycles. The molecule has 0 spiro atoms. The van der Waals surface area contributed by atoms with E-state index in [1.165, 1.54) is 20.3 Å². The minimum Gasteiger partial charge on any atom is -0.496 e. The maximum atomic E-state index is 12.0. The van der Waals surface area contributed by atoms with E-state index in [1.54, 1.807) is 30.3 Å². The number of hydrogen-bond donors (Lipinski definition) is 1. The first-order valence-electron chi connectivity index (χ1n) is 10.7. The zero-order valence-corrected chi connectivity index (χ0v) is 21.9. The van der Waals surface area contributed by atoms with Crippen LogP contribution in [-0.2, 0) is 11.4 Å². The highest BCUT2D eigenvalue weighted by Crippen LogP contribution is 2.39. The minimum atomic E-state index is -1.19. The van der Waals surface area contributed by atoms with Gasteiger partial charge in [-0.15, -0.1) is 10.2 Å². The van der Waals surface area contributed by atoms with E-state index in [0.717, 1.165) is 17.3 Å². The van der Waals surface area contributed by atoms with Crippen molar-refractivity contribution < 1.29 is 28.5 Å². The van der Waals surface area contributed by atoms with E-state index in [2.05, 4.69) is 10.2 Å². The van der Waals surface area contributed by atoms with Gasteiger partial charge in [0.1, 0.15) is 17.3 Å². The fourth-order valence-corrected chi connectivity index (χ4v) is 4.40. The van der Waals surface area contributed by atoms with Gasteiger partial charge in [0.05, 0.1) is 24.8 Å². The molecule has 1 N–H and O–H groups in total. The molecule has 1 heterocycles. The summed E-state index contributed by atoms with van der Waals surface area (Å²) in [6.07, 6.45) is 1.42. The zero-order chi connectivity index (χ0) is 26.4. The summed E-state index contributed by atoms with van der Waals surface area (Å²) < 4.78 is 22.3. The van der Waals surface area contributed by atoms with E-state index in [4.69, 9.17) is 41.8 Å². The van der Waals surface area contributed by atoms with Crippen LogP contribution >= 0.6 is 35.0 Å². The first-order chi connectivity index (χ1) is 17.9. The summed E-state index contributed by atoms with van der Waals surface area (Å²) in [5, 5.41) is 18.5. The van der Waals surface area contributed by atoms with Gasteiger partial charge in [-0.1, -0.05) is 53.5 Å². The van der Waals surface area contributed by atoms with E-state index >= 15 is 0 Å². The molecule has 0 bridgehead atoms. The smallest absolute Gasteiger partial charge is 0.342 e. The van der Waals surface area contributed by atoms with Gasteiger partial charge in [-0.25, -0.2) is 4.79 Å². The number of carboxylic acid groups (broad SMARTS) is 1. The molecule has 3 aromatic carbocycles. The van der Waals surface area contributed by atoms with E-state index in [9.17, 15) is 9.90 Å². The third-order valence-electron chi connectivity index (χ3n) is 4.98. The molecule has 4 aromatic rings. The average molecular weight is 559 g/mol. The Bertz CT molecular complexity index is 1440. The van der Waals surface area contributed by atoms with Gasteiger partial charge in [-0.3, -0.25) is 0 Å². The topological polar surface area (TPSA) is 104 Å². The number of carbonyl (C=O) groups is 1. The number of hydrogen-bond acceptors (Lipinski definition) is 8. The van der Waals surface area contributed by atoms with Crippen molar-refractivity contribution in [1.82, 2.24) is 10.2 Å². The van der Waals surface area contributed by atoms with Crippen LogP contribution in [0.1, 0.15) is 11.1 Å². The van der Waals surface area contributed by atoms with Crippen molar-refractivity contribution in [2.24, 2.45) is 0 Å². The highest BCUT2D eigenvalue weighted by molar-refractivity contribution is 8.03. The monoisotopic (exact) mass is 558 g/mol. The fourth-order valence-electron chi connectivity index (χ4n) is 3.28. The lowest BCUT2D eigenvalue weighted by Crippen LogP contribution is -2.00. The molecule has 190 valence electrons. The summed E-state index contributed by atoms with van der Waals surface area (Å²) in [6, 6.07) is 17.8. The number of nitrogens with zero attached hydrogens (tertiary/aromatic N) is 2. The Hall–Kier alpha value is -3.66. The number of methoxy groups -OCH3 is 2. The second kappa shape index (κ2) is 12.1. The van der Waals surface area contributed by atoms with Gasteiger partial charge in [0, 0.05) is 5.02 Å². The lowest BCUT2D eigenvalue weighted by atomic mass is 10.2. The molecular weight excluding hydrogens is 539 g/mol. The molecule has 0 fully saturated rings. The molecular formula is C26H20Cl2N2O6S. The van der Waals surface area contributed by atoms with Crippen molar-refractivity contribution in [3.05, 3.63) is 86.7 Å². The number of thioether (sulfide) groups is 1. The van der Waals surface area contributed by atoms with Crippen LogP contribution in [0.25, 0.3) is 17.5 Å². The number of aromatic nitrogens is 2. The second-order valence-corrected chi connectivity index (χ2v) is 9.28. The molecule has 0 radical (unpaired) electrons. The Morgan fingerprint density at radius 2 is 1.78 bits per heavy atom. The van der Waals surface area contributed by atoms with Crippen LogP contribution in [0.5, 0.6) is 17.2 Å². The van der Waals surface area contributed by atoms with Gasteiger partial charge in [0.15, 0.2) is 11.5 Å². The number of halogens is 2. The Morgan fingerprint density at radius 1 is 1.03 bits per heavy atom. The van der Waals surface area contributed by atoms with Crippen molar-refractivity contribution in [3.8, 4) is 28.7 Å². The van der Waals surface area contributed by atoms with Gasteiger partial charge in [0.2, 0.25) is 0 Å². The average Bonchev–Trinajstić information content (AvgIpc) is 3.36. The molecule has 1 aromatic heterocycles. The van der Waals surface area contributed by atoms with Crippen molar-refractivity contribution in [1.29, 1.82) is 0 Å². The number of benzene rings is 3. The van der Waals surface area contributed by atoms with Crippen LogP contribution in [0.3, 0.4) is 0 Å². The molecule has 4 rings (SSSR count). The lowest BCUT2D eigenvalue weighted by Gasteiger charge is -2.13. The third kappa shape index (κ3) is 6.56. The predicted molar refractivity (Wildman–Crippen MR) is 142 cm³/mol. The Balaban J connectivity index is 1.58.